The Kier molecular flexibility index (Phi) is 8.29. The summed E-state index contributed by atoms with van der Waals surface area (Å²) in [6.45, 7) is 7.00. The molecule has 0 aliphatic carbocycles. The van der Waals surface area contributed by atoms with Crippen molar-refractivity contribution < 1.29 is 31.5 Å². The second-order valence-corrected chi connectivity index (χ2v) is 10.4. The van der Waals surface area contributed by atoms with Crippen LogP contribution in [-0.4, -0.2) is 45.7 Å². The first-order valence-electron chi connectivity index (χ1n) is 8.08. The van der Waals surface area contributed by atoms with Gasteiger partial charge in [0.2, 0.25) is 0 Å². The van der Waals surface area contributed by atoms with Gasteiger partial charge >= 0.3 is 5.97 Å². The summed E-state index contributed by atoms with van der Waals surface area (Å²) in [5.41, 5.74) is 0.970. The lowest BCUT2D eigenvalue weighted by molar-refractivity contribution is 0.0692. The molecule has 0 heterocycles. The Morgan fingerprint density at radius 3 is 1.50 bits per heavy atom. The average Bonchev–Trinajstić information content (AvgIpc) is 2.65. The molecule has 0 spiro atoms. The van der Waals surface area contributed by atoms with Crippen molar-refractivity contribution in [2.75, 3.05) is 12.5 Å². The number of aromatic carboxylic acids is 1. The van der Waals surface area contributed by atoms with Crippen molar-refractivity contribution in [2.24, 2.45) is 0 Å². The minimum atomic E-state index is -3.52. The van der Waals surface area contributed by atoms with Gasteiger partial charge in [-0.3, -0.25) is 4.79 Å². The summed E-state index contributed by atoms with van der Waals surface area (Å²) in [6.07, 6.45) is 4.97. The normalized spacial score (nSPS) is 11.0. The van der Waals surface area contributed by atoms with Crippen molar-refractivity contribution >= 4 is 54.6 Å². The highest BCUT2D eigenvalue weighted by Gasteiger charge is 2.18. The Bertz CT molecular complexity index is 1130. The SMILES string of the molecule is C=Cc1ccc(S(C)(=O)=O)c(C(=O)Cl)c1.C=Cc1ccc(S(C)(=O)=O)c(C(=O)O)c1. The van der Waals surface area contributed by atoms with Crippen LogP contribution in [0.15, 0.2) is 59.3 Å². The van der Waals surface area contributed by atoms with Crippen LogP contribution < -0.4 is 0 Å². The molecule has 0 fully saturated rings. The molecule has 1 N–H and O–H groups in total. The van der Waals surface area contributed by atoms with E-state index in [0.29, 0.717) is 11.1 Å². The second-order valence-electron chi connectivity index (χ2n) is 6.04. The standard InChI is InChI=1S/C10H9ClO3S.C10H10O4S/c2*1-3-7-4-5-9(15(2,13)14)8(6-7)10(11)12/h3-6H,1H2,2H3;3-6H,1H2,2H3,(H,11,12). The molecule has 30 heavy (non-hydrogen) atoms. The number of hydrogen-bond acceptors (Lipinski definition) is 6. The lowest BCUT2D eigenvalue weighted by Gasteiger charge is -2.04. The molecule has 0 atom stereocenters. The first-order chi connectivity index (χ1) is 13.7. The van der Waals surface area contributed by atoms with E-state index in [0.717, 1.165) is 12.5 Å². The van der Waals surface area contributed by atoms with Crippen LogP contribution in [0.5, 0.6) is 0 Å². The molecule has 10 heteroatoms. The summed E-state index contributed by atoms with van der Waals surface area (Å²) in [4.78, 5) is 21.6. The van der Waals surface area contributed by atoms with Gasteiger partial charge in [-0.2, -0.15) is 0 Å². The van der Waals surface area contributed by atoms with Gasteiger partial charge in [0.25, 0.3) is 5.24 Å². The minimum Gasteiger partial charge on any atom is -0.478 e. The fourth-order valence-corrected chi connectivity index (χ4v) is 4.26. The van der Waals surface area contributed by atoms with Crippen molar-refractivity contribution in [3.8, 4) is 0 Å². The predicted octanol–water partition coefficient (Wildman–Crippen LogP) is 3.54. The van der Waals surface area contributed by atoms with Crippen LogP contribution in [0.2, 0.25) is 0 Å². The number of carbonyl (C=O) groups excluding carboxylic acids is 1. The first kappa shape index (κ1) is 25.3. The number of carbonyl (C=O) groups is 2. The Hall–Kier alpha value is -2.75. The van der Waals surface area contributed by atoms with Gasteiger partial charge in [0.1, 0.15) is 0 Å². The minimum absolute atomic E-state index is 0.0171. The Morgan fingerprint density at radius 1 is 0.833 bits per heavy atom. The molecular weight excluding hydrogens is 452 g/mol. The molecular formula is C20H19ClO7S2. The van der Waals surface area contributed by atoms with Crippen molar-refractivity contribution in [1.29, 1.82) is 0 Å². The van der Waals surface area contributed by atoms with Crippen molar-refractivity contribution in [3.63, 3.8) is 0 Å². The van der Waals surface area contributed by atoms with E-state index in [1.54, 1.807) is 6.07 Å². The highest BCUT2D eigenvalue weighted by Crippen LogP contribution is 2.20. The number of rotatable bonds is 6. The van der Waals surface area contributed by atoms with E-state index in [1.807, 2.05) is 0 Å². The Labute approximate surface area is 180 Å². The molecule has 0 saturated heterocycles. The number of halogens is 1. The molecule has 0 saturated carbocycles. The molecule has 0 aliphatic heterocycles. The largest absolute Gasteiger partial charge is 0.478 e. The van der Waals surface area contributed by atoms with Gasteiger partial charge in [-0.05, 0) is 47.0 Å². The van der Waals surface area contributed by atoms with Crippen molar-refractivity contribution in [1.82, 2.24) is 0 Å². The monoisotopic (exact) mass is 470 g/mol. The van der Waals surface area contributed by atoms with E-state index < -0.39 is 30.9 Å². The molecule has 0 aromatic heterocycles. The van der Waals surface area contributed by atoms with E-state index in [1.165, 1.54) is 42.5 Å². The van der Waals surface area contributed by atoms with Gasteiger partial charge in [-0.15, -0.1) is 0 Å². The number of benzene rings is 2. The molecule has 2 aromatic carbocycles. The lowest BCUT2D eigenvalue weighted by Crippen LogP contribution is -2.07. The second kappa shape index (κ2) is 9.84. The Balaban J connectivity index is 0.000000300. The van der Waals surface area contributed by atoms with Crippen LogP contribution in [0.1, 0.15) is 31.8 Å². The Morgan fingerprint density at radius 2 is 1.20 bits per heavy atom. The quantitative estimate of drug-likeness (QED) is 0.640. The van der Waals surface area contributed by atoms with Crippen LogP contribution in [0, 0.1) is 0 Å². The smallest absolute Gasteiger partial charge is 0.337 e. The van der Waals surface area contributed by atoms with Crippen LogP contribution in [-0.2, 0) is 19.7 Å². The van der Waals surface area contributed by atoms with Gasteiger partial charge in [0.05, 0.1) is 20.9 Å². The van der Waals surface area contributed by atoms with Crippen LogP contribution in [0.4, 0.5) is 0 Å². The van der Waals surface area contributed by atoms with E-state index in [9.17, 15) is 26.4 Å². The fraction of sp³-hybridized carbons (Fsp3) is 0.100. The highest BCUT2D eigenvalue weighted by atomic mass is 35.5. The van der Waals surface area contributed by atoms with Gasteiger partial charge in [0, 0.05) is 12.5 Å². The molecule has 160 valence electrons. The summed E-state index contributed by atoms with van der Waals surface area (Å²) >= 11 is 5.31. The lowest BCUT2D eigenvalue weighted by atomic mass is 10.1. The molecule has 0 radical (unpaired) electrons. The zero-order chi connectivity index (χ0) is 23.3. The van der Waals surface area contributed by atoms with E-state index in [4.69, 9.17) is 16.7 Å². The maximum absolute atomic E-state index is 11.3. The third-order valence-corrected chi connectivity index (χ3v) is 6.23. The van der Waals surface area contributed by atoms with Crippen molar-refractivity contribution in [3.05, 3.63) is 71.8 Å². The van der Waals surface area contributed by atoms with Gasteiger partial charge in [-0.1, -0.05) is 37.4 Å². The van der Waals surface area contributed by atoms with Gasteiger partial charge in [0.15, 0.2) is 19.7 Å². The molecule has 0 unspecified atom stereocenters. The van der Waals surface area contributed by atoms with E-state index >= 15 is 0 Å². The summed E-state index contributed by atoms with van der Waals surface area (Å²) in [6, 6.07) is 8.38. The summed E-state index contributed by atoms with van der Waals surface area (Å²) < 4.78 is 45.2. The van der Waals surface area contributed by atoms with E-state index in [2.05, 4.69) is 13.2 Å². The molecule has 7 nitrogen and oxygen atoms in total. The van der Waals surface area contributed by atoms with Crippen LogP contribution in [0.25, 0.3) is 12.2 Å². The molecule has 2 aromatic rings. The molecule has 0 bridgehead atoms. The number of hydrogen-bond donors (Lipinski definition) is 1. The van der Waals surface area contributed by atoms with E-state index in [-0.39, 0.29) is 20.9 Å². The third-order valence-electron chi connectivity index (χ3n) is 3.72. The van der Waals surface area contributed by atoms with Crippen molar-refractivity contribution in [2.45, 2.75) is 9.79 Å². The summed E-state index contributed by atoms with van der Waals surface area (Å²) in [5.74, 6) is -1.26. The predicted molar refractivity (Wildman–Crippen MR) is 116 cm³/mol. The summed E-state index contributed by atoms with van der Waals surface area (Å²) in [5, 5.41) is 8.06. The molecule has 0 aliphatic rings. The maximum Gasteiger partial charge on any atom is 0.337 e. The topological polar surface area (TPSA) is 123 Å². The molecule has 2 rings (SSSR count). The number of carboxylic acids is 1. The summed E-state index contributed by atoms with van der Waals surface area (Å²) in [7, 11) is -6.96. The van der Waals surface area contributed by atoms with Crippen LogP contribution in [0.3, 0.4) is 0 Å². The average molecular weight is 471 g/mol. The number of sulfone groups is 2. The van der Waals surface area contributed by atoms with Crippen LogP contribution >= 0.6 is 11.6 Å². The molecule has 0 amide bonds. The van der Waals surface area contributed by atoms with Gasteiger partial charge < -0.3 is 5.11 Å². The fourth-order valence-electron chi connectivity index (χ4n) is 2.32. The first-order valence-corrected chi connectivity index (χ1v) is 12.2. The number of carboxylic acid groups (broad SMARTS) is 1. The maximum atomic E-state index is 11.3. The third kappa shape index (κ3) is 6.65. The zero-order valence-corrected chi connectivity index (χ0v) is 18.5. The highest BCUT2D eigenvalue weighted by molar-refractivity contribution is 7.91. The zero-order valence-electron chi connectivity index (χ0n) is 16.1. The van der Waals surface area contributed by atoms with Gasteiger partial charge in [-0.25, -0.2) is 21.6 Å².